The predicted molar refractivity (Wildman–Crippen MR) is 142 cm³/mol. The Balaban J connectivity index is 1.43. The fraction of sp³-hybridized carbons (Fsp3) is 0.360. The van der Waals surface area contributed by atoms with Crippen LogP contribution in [0.1, 0.15) is 45.9 Å². The second-order valence-electron chi connectivity index (χ2n) is 8.26. The van der Waals surface area contributed by atoms with E-state index in [2.05, 4.69) is 22.1 Å². The number of hydrogen-bond acceptors (Lipinski definition) is 8. The Labute approximate surface area is 227 Å². The number of thiophene rings is 1. The standard InChI is InChI=1S/C25H26ClFN4O4S2/c1-3-11-31-20(13-35-18-10-9-15(27)12-17(18)26)29-30-25(31)36-14-21(32)28-23-22(24(33)34-2)16-7-5-4-6-8-19(16)37-23/h3,9-10,12H,1,4-8,11,13-14H2,2H3,(H,28,32). The maximum Gasteiger partial charge on any atom is 0.341 e. The van der Waals surface area contributed by atoms with Crippen LogP contribution in [0.3, 0.4) is 0 Å². The van der Waals surface area contributed by atoms with E-state index in [0.29, 0.717) is 33.8 Å². The molecule has 0 atom stereocenters. The molecule has 0 bridgehead atoms. The van der Waals surface area contributed by atoms with Crippen LogP contribution in [-0.4, -0.2) is 39.5 Å². The second-order valence-corrected chi connectivity index (χ2v) is 10.7. The maximum absolute atomic E-state index is 13.3. The van der Waals surface area contributed by atoms with Gasteiger partial charge in [-0.1, -0.05) is 35.9 Å². The van der Waals surface area contributed by atoms with Gasteiger partial charge in [0, 0.05) is 11.4 Å². The van der Waals surface area contributed by atoms with Crippen molar-refractivity contribution in [2.45, 2.75) is 50.4 Å². The first-order valence-electron chi connectivity index (χ1n) is 11.7. The molecule has 2 heterocycles. The van der Waals surface area contributed by atoms with E-state index in [9.17, 15) is 14.0 Å². The third-order valence-electron chi connectivity index (χ3n) is 5.75. The van der Waals surface area contributed by atoms with Gasteiger partial charge in [0.05, 0.1) is 23.4 Å². The smallest absolute Gasteiger partial charge is 0.341 e. The molecule has 0 unspecified atom stereocenters. The number of allylic oxidation sites excluding steroid dienone is 1. The molecule has 3 aromatic rings. The number of amides is 1. The lowest BCUT2D eigenvalue weighted by molar-refractivity contribution is -0.113. The lowest BCUT2D eigenvalue weighted by Crippen LogP contribution is -2.17. The van der Waals surface area contributed by atoms with Crippen LogP contribution in [0.15, 0.2) is 36.0 Å². The van der Waals surface area contributed by atoms with Crippen molar-refractivity contribution in [1.29, 1.82) is 0 Å². The molecule has 2 aromatic heterocycles. The molecule has 1 N–H and O–H groups in total. The number of hydrogen-bond donors (Lipinski definition) is 1. The molecule has 196 valence electrons. The molecule has 0 spiro atoms. The van der Waals surface area contributed by atoms with Crippen molar-refractivity contribution in [3.63, 3.8) is 0 Å². The van der Waals surface area contributed by atoms with E-state index in [-0.39, 0.29) is 23.3 Å². The highest BCUT2D eigenvalue weighted by Gasteiger charge is 2.26. The SMILES string of the molecule is C=CCn1c(COc2ccc(F)cc2Cl)nnc1SCC(=O)Nc1sc2c(c1C(=O)OC)CCCCC2. The number of carbonyl (C=O) groups is 2. The number of halogens is 2. The monoisotopic (exact) mass is 564 g/mol. The zero-order valence-electron chi connectivity index (χ0n) is 20.2. The first kappa shape index (κ1) is 27.2. The first-order chi connectivity index (χ1) is 17.9. The number of carbonyl (C=O) groups excluding carboxylic acids is 2. The van der Waals surface area contributed by atoms with Crippen molar-refractivity contribution < 1.29 is 23.5 Å². The summed E-state index contributed by atoms with van der Waals surface area (Å²) in [5, 5.41) is 12.4. The summed E-state index contributed by atoms with van der Waals surface area (Å²) < 4.78 is 25.8. The van der Waals surface area contributed by atoms with Crippen LogP contribution in [0.2, 0.25) is 5.02 Å². The minimum atomic E-state index is -0.457. The molecule has 8 nitrogen and oxygen atoms in total. The Morgan fingerprint density at radius 3 is 2.86 bits per heavy atom. The van der Waals surface area contributed by atoms with E-state index in [0.717, 1.165) is 42.5 Å². The van der Waals surface area contributed by atoms with Gasteiger partial charge < -0.3 is 14.8 Å². The van der Waals surface area contributed by atoms with Gasteiger partial charge in [0.25, 0.3) is 0 Å². The van der Waals surface area contributed by atoms with Gasteiger partial charge in [-0.3, -0.25) is 9.36 Å². The third-order valence-corrected chi connectivity index (χ3v) is 8.22. The third kappa shape index (κ3) is 6.52. The maximum atomic E-state index is 13.3. The molecular weight excluding hydrogens is 539 g/mol. The summed E-state index contributed by atoms with van der Waals surface area (Å²) in [6.07, 6.45) is 6.58. The van der Waals surface area contributed by atoms with Crippen LogP contribution in [0.25, 0.3) is 0 Å². The number of ether oxygens (including phenoxy) is 2. The number of nitrogens with zero attached hydrogens (tertiary/aromatic N) is 3. The van der Waals surface area contributed by atoms with Crippen molar-refractivity contribution >= 4 is 51.6 Å². The van der Waals surface area contributed by atoms with Crippen LogP contribution < -0.4 is 10.1 Å². The van der Waals surface area contributed by atoms with E-state index in [1.807, 2.05) is 0 Å². The van der Waals surface area contributed by atoms with Crippen molar-refractivity contribution in [2.24, 2.45) is 0 Å². The van der Waals surface area contributed by atoms with Crippen molar-refractivity contribution in [3.05, 3.63) is 63.5 Å². The minimum absolute atomic E-state index is 0.0438. The van der Waals surface area contributed by atoms with Crippen LogP contribution in [0, 0.1) is 5.82 Å². The molecular formula is C25H26ClFN4O4S2. The Bertz CT molecular complexity index is 1310. The number of benzene rings is 1. The van der Waals surface area contributed by atoms with Crippen LogP contribution >= 0.6 is 34.7 Å². The average Bonchev–Trinajstić information content (AvgIpc) is 3.33. The summed E-state index contributed by atoms with van der Waals surface area (Å²) in [6, 6.07) is 3.87. The molecule has 0 saturated carbocycles. The number of methoxy groups -OCH3 is 1. The molecule has 0 saturated heterocycles. The summed E-state index contributed by atoms with van der Waals surface area (Å²) in [5.74, 6) is -0.280. The fourth-order valence-corrected chi connectivity index (χ4v) is 6.30. The average molecular weight is 565 g/mol. The Kier molecular flexibility index (Phi) is 9.23. The first-order valence-corrected chi connectivity index (χ1v) is 13.9. The summed E-state index contributed by atoms with van der Waals surface area (Å²) in [4.78, 5) is 26.5. The van der Waals surface area contributed by atoms with Gasteiger partial charge >= 0.3 is 5.97 Å². The minimum Gasteiger partial charge on any atom is -0.484 e. The highest BCUT2D eigenvalue weighted by atomic mass is 35.5. The van der Waals surface area contributed by atoms with Crippen LogP contribution in [0.5, 0.6) is 5.75 Å². The summed E-state index contributed by atoms with van der Waals surface area (Å²) in [7, 11) is 1.35. The highest BCUT2D eigenvalue weighted by molar-refractivity contribution is 7.99. The summed E-state index contributed by atoms with van der Waals surface area (Å²) in [5.41, 5.74) is 1.46. The lowest BCUT2D eigenvalue weighted by Gasteiger charge is -2.10. The fourth-order valence-electron chi connectivity index (χ4n) is 4.02. The number of aromatic nitrogens is 3. The quantitative estimate of drug-likeness (QED) is 0.146. The van der Waals surface area contributed by atoms with E-state index in [1.54, 1.807) is 10.6 Å². The van der Waals surface area contributed by atoms with Gasteiger partial charge in [-0.15, -0.1) is 28.1 Å². The van der Waals surface area contributed by atoms with E-state index in [1.165, 1.54) is 48.4 Å². The molecule has 1 amide bonds. The van der Waals surface area contributed by atoms with Crippen molar-refractivity contribution in [1.82, 2.24) is 14.8 Å². The Hall–Kier alpha value is -2.89. The van der Waals surface area contributed by atoms with Gasteiger partial charge in [0.15, 0.2) is 11.0 Å². The topological polar surface area (TPSA) is 95.3 Å². The molecule has 12 heteroatoms. The number of rotatable bonds is 10. The van der Waals surface area contributed by atoms with Gasteiger partial charge in [-0.25, -0.2) is 9.18 Å². The molecule has 0 aliphatic heterocycles. The van der Waals surface area contributed by atoms with Crippen molar-refractivity contribution in [3.8, 4) is 5.75 Å². The highest BCUT2D eigenvalue weighted by Crippen LogP contribution is 2.38. The molecule has 0 radical (unpaired) electrons. The van der Waals surface area contributed by atoms with Crippen molar-refractivity contribution in [2.75, 3.05) is 18.2 Å². The molecule has 1 aromatic carbocycles. The largest absolute Gasteiger partial charge is 0.484 e. The predicted octanol–water partition coefficient (Wildman–Crippen LogP) is 5.68. The van der Waals surface area contributed by atoms with Gasteiger partial charge in [-0.2, -0.15) is 0 Å². The summed E-state index contributed by atoms with van der Waals surface area (Å²) >= 11 is 8.69. The molecule has 4 rings (SSSR count). The Morgan fingerprint density at radius 2 is 2.11 bits per heavy atom. The van der Waals surface area contributed by atoms with Crippen LogP contribution in [-0.2, 0) is 35.5 Å². The van der Waals surface area contributed by atoms with Gasteiger partial charge in [0.2, 0.25) is 5.91 Å². The zero-order valence-corrected chi connectivity index (χ0v) is 22.6. The normalized spacial score (nSPS) is 12.9. The van der Waals surface area contributed by atoms with E-state index in [4.69, 9.17) is 21.1 Å². The van der Waals surface area contributed by atoms with E-state index >= 15 is 0 Å². The number of thioether (sulfide) groups is 1. The van der Waals surface area contributed by atoms with Crippen LogP contribution in [0.4, 0.5) is 9.39 Å². The zero-order chi connectivity index (χ0) is 26.4. The number of anilines is 1. The Morgan fingerprint density at radius 1 is 1.30 bits per heavy atom. The molecule has 37 heavy (non-hydrogen) atoms. The molecule has 0 fully saturated rings. The molecule has 1 aliphatic rings. The van der Waals surface area contributed by atoms with E-state index < -0.39 is 11.8 Å². The van der Waals surface area contributed by atoms with Gasteiger partial charge in [0.1, 0.15) is 23.2 Å². The summed E-state index contributed by atoms with van der Waals surface area (Å²) in [6.45, 7) is 4.22. The second kappa shape index (κ2) is 12.6. The number of aryl methyl sites for hydroxylation is 1. The van der Waals surface area contributed by atoms with Gasteiger partial charge in [-0.05, 0) is 49.4 Å². The molecule has 1 aliphatic carbocycles. The number of esters is 1. The lowest BCUT2D eigenvalue weighted by atomic mass is 10.1. The number of fused-ring (bicyclic) bond motifs is 1. The number of nitrogens with one attached hydrogen (secondary N) is 1.